The zero-order valence-electron chi connectivity index (χ0n) is 12.6. The average Bonchev–Trinajstić information content (AvgIpc) is 3.08. The van der Waals surface area contributed by atoms with E-state index in [2.05, 4.69) is 15.4 Å². The van der Waals surface area contributed by atoms with Crippen molar-refractivity contribution in [3.8, 4) is 5.75 Å². The van der Waals surface area contributed by atoms with Gasteiger partial charge in [0.25, 0.3) is 5.91 Å². The third-order valence-electron chi connectivity index (χ3n) is 3.04. The summed E-state index contributed by atoms with van der Waals surface area (Å²) >= 11 is 1.30. The zero-order valence-corrected chi connectivity index (χ0v) is 13.4. The summed E-state index contributed by atoms with van der Waals surface area (Å²) in [7, 11) is 0. The molecular formula is C16H16F2N2O3S. The first-order chi connectivity index (χ1) is 11.5. The number of amides is 2. The van der Waals surface area contributed by atoms with Gasteiger partial charge in [-0.2, -0.15) is 8.78 Å². The number of nitrogens with one attached hydrogen (secondary N) is 2. The number of carbonyl (C=O) groups excluding carboxylic acids is 2. The molecule has 5 nitrogen and oxygen atoms in total. The summed E-state index contributed by atoms with van der Waals surface area (Å²) in [6.07, 6.45) is 0.541. The van der Waals surface area contributed by atoms with E-state index in [1.165, 1.54) is 23.5 Å². The second-order valence-corrected chi connectivity index (χ2v) is 5.73. The van der Waals surface area contributed by atoms with E-state index >= 15 is 0 Å². The monoisotopic (exact) mass is 354 g/mol. The van der Waals surface area contributed by atoms with Crippen LogP contribution in [0.5, 0.6) is 5.75 Å². The molecule has 1 heterocycles. The maximum absolute atomic E-state index is 12.0. The number of carbonyl (C=O) groups is 2. The van der Waals surface area contributed by atoms with Gasteiger partial charge in [0.05, 0.1) is 11.4 Å². The van der Waals surface area contributed by atoms with E-state index in [0.717, 1.165) is 5.56 Å². The highest BCUT2D eigenvalue weighted by Gasteiger charge is 2.08. The normalized spacial score (nSPS) is 10.5. The molecule has 0 atom stereocenters. The maximum Gasteiger partial charge on any atom is 0.387 e. The molecule has 0 saturated carbocycles. The average molecular weight is 354 g/mol. The number of halogens is 2. The van der Waals surface area contributed by atoms with E-state index in [-0.39, 0.29) is 24.1 Å². The minimum Gasteiger partial charge on any atom is -0.435 e. The van der Waals surface area contributed by atoms with Crippen LogP contribution >= 0.6 is 11.3 Å². The smallest absolute Gasteiger partial charge is 0.387 e. The van der Waals surface area contributed by atoms with Crippen LogP contribution in [0.3, 0.4) is 0 Å². The fraction of sp³-hybridized carbons (Fsp3) is 0.250. The van der Waals surface area contributed by atoms with Crippen molar-refractivity contribution < 1.29 is 23.1 Å². The van der Waals surface area contributed by atoms with E-state index in [9.17, 15) is 18.4 Å². The summed E-state index contributed by atoms with van der Waals surface area (Å²) in [6.45, 7) is -2.57. The molecule has 0 aliphatic heterocycles. The fourth-order valence-corrected chi connectivity index (χ4v) is 2.54. The molecule has 0 unspecified atom stereocenters. The number of alkyl halides is 2. The van der Waals surface area contributed by atoms with Gasteiger partial charge in [-0.1, -0.05) is 18.2 Å². The summed E-state index contributed by atoms with van der Waals surface area (Å²) in [5.41, 5.74) is 0.875. The molecule has 0 bridgehead atoms. The Kier molecular flexibility index (Phi) is 6.68. The molecule has 1 aromatic carbocycles. The van der Waals surface area contributed by atoms with Crippen LogP contribution in [0.25, 0.3) is 0 Å². The molecule has 1 aromatic heterocycles. The predicted molar refractivity (Wildman–Crippen MR) is 86.4 cm³/mol. The van der Waals surface area contributed by atoms with Gasteiger partial charge in [0.2, 0.25) is 5.91 Å². The Balaban J connectivity index is 1.66. The number of thiophene rings is 1. The fourth-order valence-electron chi connectivity index (χ4n) is 1.90. The summed E-state index contributed by atoms with van der Waals surface area (Å²) in [5, 5.41) is 6.99. The Labute approximate surface area is 141 Å². The highest BCUT2D eigenvalue weighted by Crippen LogP contribution is 2.14. The Bertz CT molecular complexity index is 660. The maximum atomic E-state index is 12.0. The molecule has 24 heavy (non-hydrogen) atoms. The van der Waals surface area contributed by atoms with E-state index in [0.29, 0.717) is 17.8 Å². The van der Waals surface area contributed by atoms with E-state index in [1.807, 2.05) is 0 Å². The van der Waals surface area contributed by atoms with Crippen LogP contribution < -0.4 is 15.4 Å². The van der Waals surface area contributed by atoms with Gasteiger partial charge in [-0.3, -0.25) is 9.59 Å². The molecule has 0 aliphatic carbocycles. The lowest BCUT2D eigenvalue weighted by Gasteiger charge is -2.08. The van der Waals surface area contributed by atoms with Gasteiger partial charge >= 0.3 is 6.61 Å². The molecule has 0 aliphatic rings. The number of ether oxygens (including phenoxy) is 1. The molecule has 2 rings (SSSR count). The van der Waals surface area contributed by atoms with Gasteiger partial charge in [-0.15, -0.1) is 11.3 Å². The Morgan fingerprint density at radius 1 is 1.12 bits per heavy atom. The largest absolute Gasteiger partial charge is 0.435 e. The lowest BCUT2D eigenvalue weighted by Crippen LogP contribution is -2.37. The van der Waals surface area contributed by atoms with Crippen molar-refractivity contribution >= 4 is 23.2 Å². The van der Waals surface area contributed by atoms with Gasteiger partial charge in [-0.05, 0) is 35.6 Å². The van der Waals surface area contributed by atoms with Crippen molar-refractivity contribution in [2.45, 2.75) is 13.0 Å². The lowest BCUT2D eigenvalue weighted by molar-refractivity contribution is -0.120. The van der Waals surface area contributed by atoms with Crippen LogP contribution in [-0.2, 0) is 11.2 Å². The molecule has 0 radical (unpaired) electrons. The van der Waals surface area contributed by atoms with Crippen molar-refractivity contribution in [2.75, 3.05) is 13.1 Å². The lowest BCUT2D eigenvalue weighted by atomic mass is 10.1. The predicted octanol–water partition coefficient (Wildman–Crippen LogP) is 2.44. The number of hydrogen-bond donors (Lipinski definition) is 2. The minimum atomic E-state index is -2.85. The summed E-state index contributed by atoms with van der Waals surface area (Å²) in [5.74, 6) is -0.485. The van der Waals surface area contributed by atoms with Gasteiger partial charge in [-0.25, -0.2) is 0 Å². The highest BCUT2D eigenvalue weighted by atomic mass is 32.1. The van der Waals surface area contributed by atoms with Crippen LogP contribution in [0, 0.1) is 0 Å². The zero-order chi connectivity index (χ0) is 17.4. The topological polar surface area (TPSA) is 67.4 Å². The minimum absolute atomic E-state index is 0.0917. The first-order valence-electron chi connectivity index (χ1n) is 7.17. The molecule has 128 valence electrons. The van der Waals surface area contributed by atoms with Crippen molar-refractivity contribution in [1.82, 2.24) is 10.6 Å². The Morgan fingerprint density at radius 2 is 1.88 bits per heavy atom. The van der Waals surface area contributed by atoms with Crippen LogP contribution in [-0.4, -0.2) is 31.5 Å². The van der Waals surface area contributed by atoms with Crippen molar-refractivity contribution in [3.05, 3.63) is 52.2 Å². The molecular weight excluding hydrogens is 338 g/mol. The highest BCUT2D eigenvalue weighted by molar-refractivity contribution is 7.12. The van der Waals surface area contributed by atoms with Gasteiger partial charge in [0, 0.05) is 6.54 Å². The molecule has 8 heteroatoms. The van der Waals surface area contributed by atoms with Crippen LogP contribution in [0.15, 0.2) is 41.8 Å². The van der Waals surface area contributed by atoms with Crippen molar-refractivity contribution in [2.24, 2.45) is 0 Å². The molecule has 0 spiro atoms. The van der Waals surface area contributed by atoms with Gasteiger partial charge in [0.1, 0.15) is 5.75 Å². The molecule has 0 saturated heterocycles. The van der Waals surface area contributed by atoms with E-state index < -0.39 is 6.61 Å². The summed E-state index contributed by atoms with van der Waals surface area (Å²) in [6, 6.07) is 9.65. The second kappa shape index (κ2) is 8.97. The summed E-state index contributed by atoms with van der Waals surface area (Å²) < 4.78 is 28.3. The van der Waals surface area contributed by atoms with Crippen molar-refractivity contribution in [3.63, 3.8) is 0 Å². The molecule has 2 aromatic rings. The third kappa shape index (κ3) is 5.96. The van der Waals surface area contributed by atoms with Gasteiger partial charge < -0.3 is 15.4 Å². The van der Waals surface area contributed by atoms with E-state index in [4.69, 9.17) is 0 Å². The standard InChI is InChI=1S/C16H16F2N2O3S/c17-16(18)23-12-5-3-11(4-6-12)7-8-19-14(21)10-20-15(22)13-2-1-9-24-13/h1-6,9,16H,7-8,10H2,(H,19,21)(H,20,22). The molecule has 0 fully saturated rings. The first kappa shape index (κ1) is 17.9. The first-order valence-corrected chi connectivity index (χ1v) is 8.04. The van der Waals surface area contributed by atoms with Gasteiger partial charge in [0.15, 0.2) is 0 Å². The second-order valence-electron chi connectivity index (χ2n) is 4.78. The Hall–Kier alpha value is -2.48. The van der Waals surface area contributed by atoms with Crippen molar-refractivity contribution in [1.29, 1.82) is 0 Å². The SMILES string of the molecule is O=C(CNC(=O)c1cccs1)NCCc1ccc(OC(F)F)cc1. The van der Waals surface area contributed by atoms with Crippen LogP contribution in [0.1, 0.15) is 15.2 Å². The number of rotatable bonds is 8. The molecule has 2 amide bonds. The molecule has 2 N–H and O–H groups in total. The van der Waals surface area contributed by atoms with Crippen LogP contribution in [0.2, 0.25) is 0 Å². The van der Waals surface area contributed by atoms with Crippen LogP contribution in [0.4, 0.5) is 8.78 Å². The Morgan fingerprint density at radius 3 is 2.50 bits per heavy atom. The quantitative estimate of drug-likeness (QED) is 0.765. The number of hydrogen-bond acceptors (Lipinski definition) is 4. The number of benzene rings is 1. The summed E-state index contributed by atoms with van der Waals surface area (Å²) in [4.78, 5) is 23.9. The third-order valence-corrected chi connectivity index (χ3v) is 3.91. The van der Waals surface area contributed by atoms with E-state index in [1.54, 1.807) is 29.6 Å².